The molecule has 0 atom stereocenters. The van der Waals surface area contributed by atoms with E-state index in [1.165, 1.54) is 24.3 Å². The van der Waals surface area contributed by atoms with Crippen LogP contribution in [0.15, 0.2) is 90.9 Å². The standard InChI is InChI=1S/C28H22N4O14S2/c33-17-9-19(27(37)38)25(21(35)11-17)31-29-15-5-3-13(23(7-15)47(41,42)43)1-2-14-4-6-16(8-24(14)48(44,45)46)30-32-26-20(28(39)40)10-18(34)12-22(26)36/h3-12,33-36H,1-2H2,(H,37,38)(H,39,40)(H,41,42,43)(H,44,45,46). The van der Waals surface area contributed by atoms with Crippen LogP contribution in [0.5, 0.6) is 23.0 Å². The Morgan fingerprint density at radius 1 is 0.542 bits per heavy atom. The molecule has 0 heterocycles. The lowest BCUT2D eigenvalue weighted by atomic mass is 10.0. The maximum Gasteiger partial charge on any atom is 0.338 e. The van der Waals surface area contributed by atoms with Gasteiger partial charge >= 0.3 is 11.9 Å². The fraction of sp³-hybridized carbons (Fsp3) is 0.0714. The molecule has 0 fully saturated rings. The number of phenols is 4. The van der Waals surface area contributed by atoms with Crippen LogP contribution >= 0.6 is 0 Å². The SMILES string of the molecule is O=C(O)c1cc(O)cc(O)c1N=Nc1ccc(CCc2ccc(N=Nc3c(O)cc(O)cc3C(=O)O)cc2S(=O)(=O)O)c(S(=O)(=O)O)c1. The third-order valence-electron chi connectivity index (χ3n) is 6.46. The average Bonchev–Trinajstić information content (AvgIpc) is 2.97. The van der Waals surface area contributed by atoms with Gasteiger partial charge in [-0.25, -0.2) is 9.59 Å². The van der Waals surface area contributed by atoms with Gasteiger partial charge in [-0.1, -0.05) is 12.1 Å². The van der Waals surface area contributed by atoms with Crippen LogP contribution in [0.1, 0.15) is 31.8 Å². The predicted octanol–water partition coefficient (Wildman–Crippen LogP) is 5.01. The van der Waals surface area contributed by atoms with Crippen molar-refractivity contribution in [3.05, 3.63) is 82.9 Å². The second-order valence-corrected chi connectivity index (χ2v) is 12.5. The fourth-order valence-corrected chi connectivity index (χ4v) is 5.88. The number of hydrogen-bond acceptors (Lipinski definition) is 14. The summed E-state index contributed by atoms with van der Waals surface area (Å²) in [6.45, 7) is 0. The van der Waals surface area contributed by atoms with Gasteiger partial charge in [0.2, 0.25) is 0 Å². The molecule has 0 aliphatic rings. The Morgan fingerprint density at radius 2 is 0.896 bits per heavy atom. The fourth-order valence-electron chi connectivity index (χ4n) is 4.33. The molecule has 8 N–H and O–H groups in total. The van der Waals surface area contributed by atoms with Crippen LogP contribution in [0.25, 0.3) is 0 Å². The van der Waals surface area contributed by atoms with E-state index < -0.39 is 87.5 Å². The molecule has 4 aromatic rings. The molecule has 250 valence electrons. The number of benzene rings is 4. The van der Waals surface area contributed by atoms with E-state index in [1.54, 1.807) is 0 Å². The minimum absolute atomic E-state index is 0.0378. The molecule has 0 aliphatic carbocycles. The highest BCUT2D eigenvalue weighted by molar-refractivity contribution is 7.86. The van der Waals surface area contributed by atoms with Gasteiger partial charge < -0.3 is 30.6 Å². The predicted molar refractivity (Wildman–Crippen MR) is 162 cm³/mol. The molecular weight excluding hydrogens is 680 g/mol. The summed E-state index contributed by atoms with van der Waals surface area (Å²) in [6, 6.07) is 9.82. The molecular formula is C28H22N4O14S2. The van der Waals surface area contributed by atoms with Gasteiger partial charge in [0.1, 0.15) is 34.4 Å². The van der Waals surface area contributed by atoms with Crippen molar-refractivity contribution in [3.8, 4) is 23.0 Å². The molecule has 4 aromatic carbocycles. The summed E-state index contributed by atoms with van der Waals surface area (Å²) in [6.07, 6.45) is -0.470. The highest BCUT2D eigenvalue weighted by Gasteiger charge is 2.21. The number of aryl methyl sites for hydroxylation is 2. The van der Waals surface area contributed by atoms with E-state index >= 15 is 0 Å². The van der Waals surface area contributed by atoms with E-state index in [4.69, 9.17) is 0 Å². The van der Waals surface area contributed by atoms with E-state index in [2.05, 4.69) is 20.5 Å². The Balaban J connectivity index is 1.65. The van der Waals surface area contributed by atoms with Crippen molar-refractivity contribution in [1.82, 2.24) is 0 Å². The van der Waals surface area contributed by atoms with E-state index in [0.717, 1.165) is 36.4 Å². The average molecular weight is 703 g/mol. The number of carboxylic acids is 2. The molecule has 0 unspecified atom stereocenters. The minimum Gasteiger partial charge on any atom is -0.508 e. The zero-order valence-electron chi connectivity index (χ0n) is 23.8. The Bertz CT molecular complexity index is 2090. The number of aromatic hydroxyl groups is 4. The summed E-state index contributed by atoms with van der Waals surface area (Å²) in [5, 5.41) is 72.4. The van der Waals surface area contributed by atoms with E-state index in [-0.39, 0.29) is 35.3 Å². The Labute approximate surface area is 269 Å². The van der Waals surface area contributed by atoms with Crippen molar-refractivity contribution in [3.63, 3.8) is 0 Å². The third kappa shape index (κ3) is 8.06. The van der Waals surface area contributed by atoms with Crippen LogP contribution in [-0.2, 0) is 33.1 Å². The van der Waals surface area contributed by atoms with Crippen molar-refractivity contribution in [1.29, 1.82) is 0 Å². The summed E-state index contributed by atoms with van der Waals surface area (Å²) in [5.41, 5.74) is -2.85. The largest absolute Gasteiger partial charge is 0.508 e. The smallest absolute Gasteiger partial charge is 0.338 e. The zero-order valence-corrected chi connectivity index (χ0v) is 25.5. The highest BCUT2D eigenvalue weighted by Crippen LogP contribution is 2.38. The summed E-state index contributed by atoms with van der Waals surface area (Å²) >= 11 is 0. The molecule has 48 heavy (non-hydrogen) atoms. The first kappa shape index (κ1) is 34.9. The minimum atomic E-state index is -4.92. The normalized spacial score (nSPS) is 12.1. The lowest BCUT2D eigenvalue weighted by molar-refractivity contribution is 0.0686. The topological polar surface area (TPSA) is 314 Å². The highest BCUT2D eigenvalue weighted by atomic mass is 32.2. The molecule has 0 aliphatic heterocycles. The zero-order chi connectivity index (χ0) is 35.6. The van der Waals surface area contributed by atoms with Gasteiger partial charge in [-0.15, -0.1) is 10.2 Å². The van der Waals surface area contributed by atoms with Crippen LogP contribution in [0.2, 0.25) is 0 Å². The number of carboxylic acid groups (broad SMARTS) is 2. The first-order chi connectivity index (χ1) is 22.3. The van der Waals surface area contributed by atoms with Crippen LogP contribution in [0.3, 0.4) is 0 Å². The number of carbonyl (C=O) groups is 2. The van der Waals surface area contributed by atoms with Gasteiger partial charge in [0.25, 0.3) is 20.2 Å². The number of phenolic OH excluding ortho intramolecular Hbond substituents is 4. The van der Waals surface area contributed by atoms with Gasteiger partial charge in [0.05, 0.1) is 32.3 Å². The van der Waals surface area contributed by atoms with Crippen molar-refractivity contribution >= 4 is 54.9 Å². The van der Waals surface area contributed by atoms with Crippen molar-refractivity contribution < 1.29 is 66.2 Å². The molecule has 0 spiro atoms. The van der Waals surface area contributed by atoms with E-state index in [0.29, 0.717) is 0 Å². The molecule has 20 heteroatoms. The number of rotatable bonds is 11. The van der Waals surface area contributed by atoms with Crippen LogP contribution in [0, 0.1) is 0 Å². The van der Waals surface area contributed by atoms with Crippen molar-refractivity contribution in [2.24, 2.45) is 20.5 Å². The monoisotopic (exact) mass is 702 g/mol. The molecule has 0 bridgehead atoms. The Morgan fingerprint density at radius 3 is 1.21 bits per heavy atom. The molecule has 0 aromatic heterocycles. The third-order valence-corrected chi connectivity index (χ3v) is 8.33. The van der Waals surface area contributed by atoms with Crippen molar-refractivity contribution in [2.45, 2.75) is 22.6 Å². The summed E-state index contributed by atoms with van der Waals surface area (Å²) in [4.78, 5) is 21.6. The van der Waals surface area contributed by atoms with Gasteiger partial charge in [-0.3, -0.25) is 9.11 Å². The van der Waals surface area contributed by atoms with Crippen LogP contribution in [-0.4, -0.2) is 68.5 Å². The first-order valence-electron chi connectivity index (χ1n) is 13.0. The maximum absolute atomic E-state index is 12.2. The second kappa shape index (κ2) is 13.4. The molecule has 0 saturated carbocycles. The van der Waals surface area contributed by atoms with Crippen LogP contribution in [0.4, 0.5) is 22.7 Å². The lowest BCUT2D eigenvalue weighted by Gasteiger charge is -2.11. The van der Waals surface area contributed by atoms with Crippen molar-refractivity contribution in [2.75, 3.05) is 0 Å². The number of nitrogens with zero attached hydrogens (tertiary/aromatic N) is 4. The second-order valence-electron chi connectivity index (χ2n) is 9.77. The lowest BCUT2D eigenvalue weighted by Crippen LogP contribution is -2.07. The molecule has 0 radical (unpaired) electrons. The van der Waals surface area contributed by atoms with E-state index in [1.807, 2.05) is 0 Å². The maximum atomic E-state index is 12.2. The summed E-state index contributed by atoms with van der Waals surface area (Å²) in [7, 11) is -9.85. The molecule has 18 nitrogen and oxygen atoms in total. The Hall–Kier alpha value is -5.96. The Kier molecular flexibility index (Phi) is 9.75. The van der Waals surface area contributed by atoms with Gasteiger partial charge in [-0.05, 0) is 60.4 Å². The van der Waals surface area contributed by atoms with Gasteiger partial charge in [-0.2, -0.15) is 27.1 Å². The molecule has 4 rings (SSSR count). The molecule has 0 saturated heterocycles. The number of hydrogen-bond donors (Lipinski definition) is 8. The van der Waals surface area contributed by atoms with Crippen LogP contribution < -0.4 is 0 Å². The summed E-state index contributed by atoms with van der Waals surface area (Å²) in [5.74, 6) is -5.74. The number of azo groups is 2. The van der Waals surface area contributed by atoms with Gasteiger partial charge in [0.15, 0.2) is 0 Å². The molecule has 0 amide bonds. The quantitative estimate of drug-likeness (QED) is 0.0752. The number of aromatic carboxylic acids is 2. The van der Waals surface area contributed by atoms with E-state index in [9.17, 15) is 66.2 Å². The first-order valence-corrected chi connectivity index (χ1v) is 15.9. The summed E-state index contributed by atoms with van der Waals surface area (Å²) < 4.78 is 68.5. The van der Waals surface area contributed by atoms with Gasteiger partial charge in [0, 0.05) is 12.1 Å².